The SMILES string of the molecule is CC(C)(C1CCN(Cc2ccc(F)cc2)C(=O)C1)N(CC1CC1)C(=O)C(=O)O. The normalized spacial score (nSPS) is 20.2. The van der Waals surface area contributed by atoms with Gasteiger partial charge in [0.05, 0.1) is 0 Å². The van der Waals surface area contributed by atoms with Gasteiger partial charge in [0, 0.05) is 31.6 Å². The summed E-state index contributed by atoms with van der Waals surface area (Å²) in [6, 6.07) is 6.09. The second-order valence-corrected chi connectivity index (χ2v) is 8.45. The Morgan fingerprint density at radius 1 is 1.21 bits per heavy atom. The topological polar surface area (TPSA) is 77.9 Å². The summed E-state index contributed by atoms with van der Waals surface area (Å²) in [6.45, 7) is 5.12. The van der Waals surface area contributed by atoms with E-state index in [9.17, 15) is 23.9 Å². The number of likely N-dealkylation sites (tertiary alicyclic amines) is 1. The van der Waals surface area contributed by atoms with Gasteiger partial charge < -0.3 is 14.9 Å². The molecule has 1 N–H and O–H groups in total. The second-order valence-electron chi connectivity index (χ2n) is 8.45. The highest BCUT2D eigenvalue weighted by Crippen LogP contribution is 2.38. The van der Waals surface area contributed by atoms with Crippen molar-refractivity contribution in [3.8, 4) is 0 Å². The molecule has 28 heavy (non-hydrogen) atoms. The van der Waals surface area contributed by atoms with E-state index in [0.717, 1.165) is 18.4 Å². The molecule has 0 bridgehead atoms. The lowest BCUT2D eigenvalue weighted by Gasteiger charge is -2.46. The first-order chi connectivity index (χ1) is 13.2. The Bertz CT molecular complexity index is 758. The van der Waals surface area contributed by atoms with Gasteiger partial charge in [0.15, 0.2) is 0 Å². The first kappa shape index (κ1) is 20.3. The minimum absolute atomic E-state index is 0.0252. The molecule has 1 aliphatic carbocycles. The summed E-state index contributed by atoms with van der Waals surface area (Å²) in [6.07, 6.45) is 2.97. The maximum atomic E-state index is 13.1. The molecule has 1 aromatic carbocycles. The lowest BCUT2D eigenvalue weighted by Crippen LogP contribution is -2.57. The summed E-state index contributed by atoms with van der Waals surface area (Å²) in [5.41, 5.74) is 0.152. The molecule has 0 aromatic heterocycles. The van der Waals surface area contributed by atoms with Gasteiger partial charge in [-0.2, -0.15) is 0 Å². The number of carbonyl (C=O) groups is 3. The fraction of sp³-hybridized carbons (Fsp3) is 0.571. The number of amides is 2. The number of carboxylic acid groups (broad SMARTS) is 1. The van der Waals surface area contributed by atoms with Gasteiger partial charge in [-0.1, -0.05) is 12.1 Å². The van der Waals surface area contributed by atoms with Crippen LogP contribution in [0.15, 0.2) is 24.3 Å². The maximum absolute atomic E-state index is 13.1. The van der Waals surface area contributed by atoms with Gasteiger partial charge >= 0.3 is 11.9 Å². The van der Waals surface area contributed by atoms with Crippen LogP contribution in [0.2, 0.25) is 0 Å². The quantitative estimate of drug-likeness (QED) is 0.758. The summed E-state index contributed by atoms with van der Waals surface area (Å²) in [5.74, 6) is -2.42. The number of hydrogen-bond acceptors (Lipinski definition) is 3. The molecule has 152 valence electrons. The Kier molecular flexibility index (Phi) is 5.72. The van der Waals surface area contributed by atoms with Crippen molar-refractivity contribution in [2.75, 3.05) is 13.1 Å². The minimum Gasteiger partial charge on any atom is -0.474 e. The van der Waals surface area contributed by atoms with Crippen LogP contribution in [0.1, 0.15) is 45.1 Å². The van der Waals surface area contributed by atoms with Crippen LogP contribution < -0.4 is 0 Å². The van der Waals surface area contributed by atoms with E-state index < -0.39 is 17.4 Å². The van der Waals surface area contributed by atoms with Gasteiger partial charge in [0.1, 0.15) is 5.82 Å². The molecule has 0 spiro atoms. The first-order valence-electron chi connectivity index (χ1n) is 9.75. The molecule has 2 aliphatic rings. The van der Waals surface area contributed by atoms with Crippen LogP contribution in [-0.2, 0) is 20.9 Å². The summed E-state index contributed by atoms with van der Waals surface area (Å²) < 4.78 is 13.1. The van der Waals surface area contributed by atoms with E-state index in [0.29, 0.717) is 32.0 Å². The first-order valence-corrected chi connectivity index (χ1v) is 9.75. The molecule has 2 fully saturated rings. The smallest absolute Gasteiger partial charge is 0.394 e. The molecular weight excluding hydrogens is 363 g/mol. The number of carbonyl (C=O) groups excluding carboxylic acids is 2. The summed E-state index contributed by atoms with van der Waals surface area (Å²) >= 11 is 0. The van der Waals surface area contributed by atoms with Crippen LogP contribution in [0.3, 0.4) is 0 Å². The van der Waals surface area contributed by atoms with Crippen molar-refractivity contribution in [3.63, 3.8) is 0 Å². The zero-order chi connectivity index (χ0) is 20.5. The average molecular weight is 390 g/mol. The largest absolute Gasteiger partial charge is 0.474 e. The standard InChI is InChI=1S/C21H27FN2O4/c1-21(2,24(13-15-3-4-15)19(26)20(27)28)16-9-10-23(18(25)11-16)12-14-5-7-17(22)8-6-14/h5-8,15-16H,3-4,9-13H2,1-2H3,(H,27,28). The fourth-order valence-corrected chi connectivity index (χ4v) is 3.93. The Morgan fingerprint density at radius 3 is 2.39 bits per heavy atom. The van der Waals surface area contributed by atoms with Crippen LogP contribution >= 0.6 is 0 Å². The molecule has 1 aliphatic heterocycles. The highest BCUT2D eigenvalue weighted by atomic mass is 19.1. The molecule has 2 amide bonds. The number of benzene rings is 1. The van der Waals surface area contributed by atoms with Crippen molar-refractivity contribution < 1.29 is 23.9 Å². The predicted molar refractivity (Wildman–Crippen MR) is 101 cm³/mol. The van der Waals surface area contributed by atoms with Gasteiger partial charge in [-0.15, -0.1) is 0 Å². The van der Waals surface area contributed by atoms with Crippen LogP contribution in [0.25, 0.3) is 0 Å². The Hall–Kier alpha value is -2.44. The van der Waals surface area contributed by atoms with E-state index in [1.165, 1.54) is 17.0 Å². The predicted octanol–water partition coefficient (Wildman–Crippen LogP) is 2.67. The van der Waals surface area contributed by atoms with Crippen molar-refractivity contribution in [1.82, 2.24) is 9.80 Å². The van der Waals surface area contributed by atoms with E-state index >= 15 is 0 Å². The molecule has 1 saturated heterocycles. The number of piperidine rings is 1. The number of carboxylic acids is 1. The second kappa shape index (κ2) is 7.89. The van der Waals surface area contributed by atoms with Crippen molar-refractivity contribution in [1.29, 1.82) is 0 Å². The monoisotopic (exact) mass is 390 g/mol. The average Bonchev–Trinajstić information content (AvgIpc) is 3.46. The third-order valence-corrected chi connectivity index (χ3v) is 6.07. The summed E-state index contributed by atoms with van der Waals surface area (Å²) in [4.78, 5) is 39.5. The lowest BCUT2D eigenvalue weighted by molar-refractivity contribution is -0.161. The Balaban J connectivity index is 1.67. The van der Waals surface area contributed by atoms with E-state index in [1.807, 2.05) is 13.8 Å². The number of hydrogen-bond donors (Lipinski definition) is 1. The summed E-state index contributed by atoms with van der Waals surface area (Å²) in [5, 5.41) is 9.23. The summed E-state index contributed by atoms with van der Waals surface area (Å²) in [7, 11) is 0. The molecule has 3 rings (SSSR count). The molecule has 6 nitrogen and oxygen atoms in total. The van der Waals surface area contributed by atoms with E-state index in [4.69, 9.17) is 0 Å². The molecular formula is C21H27FN2O4. The van der Waals surface area contributed by atoms with Gasteiger partial charge in [0.2, 0.25) is 5.91 Å². The van der Waals surface area contributed by atoms with Crippen molar-refractivity contribution in [2.45, 2.75) is 51.6 Å². The number of halogens is 1. The van der Waals surface area contributed by atoms with Crippen LogP contribution in [-0.4, -0.2) is 51.3 Å². The molecule has 1 aromatic rings. The van der Waals surface area contributed by atoms with Crippen molar-refractivity contribution >= 4 is 17.8 Å². The molecule has 0 radical (unpaired) electrons. The third-order valence-electron chi connectivity index (χ3n) is 6.07. The van der Waals surface area contributed by atoms with Gasteiger partial charge in [-0.3, -0.25) is 9.59 Å². The number of aliphatic carboxylic acids is 1. The van der Waals surface area contributed by atoms with Crippen molar-refractivity contribution in [2.24, 2.45) is 11.8 Å². The lowest BCUT2D eigenvalue weighted by atomic mass is 9.78. The zero-order valence-corrected chi connectivity index (χ0v) is 16.4. The van der Waals surface area contributed by atoms with Gasteiger partial charge in [-0.25, -0.2) is 9.18 Å². The van der Waals surface area contributed by atoms with Crippen LogP contribution in [0.4, 0.5) is 4.39 Å². The van der Waals surface area contributed by atoms with Gasteiger partial charge in [-0.05, 0) is 62.6 Å². The number of nitrogens with zero attached hydrogens (tertiary/aromatic N) is 2. The van der Waals surface area contributed by atoms with E-state index in [-0.39, 0.29) is 24.1 Å². The van der Waals surface area contributed by atoms with Crippen LogP contribution in [0.5, 0.6) is 0 Å². The van der Waals surface area contributed by atoms with E-state index in [1.54, 1.807) is 17.0 Å². The Labute approximate surface area is 164 Å². The number of rotatable bonds is 6. The molecule has 7 heteroatoms. The third kappa shape index (κ3) is 4.51. The minimum atomic E-state index is -1.45. The highest BCUT2D eigenvalue weighted by Gasteiger charge is 2.45. The highest BCUT2D eigenvalue weighted by molar-refractivity contribution is 6.31. The molecule has 1 unspecified atom stereocenters. The van der Waals surface area contributed by atoms with Gasteiger partial charge in [0.25, 0.3) is 0 Å². The van der Waals surface area contributed by atoms with Crippen molar-refractivity contribution in [3.05, 3.63) is 35.6 Å². The Morgan fingerprint density at radius 2 is 1.86 bits per heavy atom. The molecule has 1 heterocycles. The van der Waals surface area contributed by atoms with E-state index in [2.05, 4.69) is 0 Å². The fourth-order valence-electron chi connectivity index (χ4n) is 3.93. The maximum Gasteiger partial charge on any atom is 0.394 e. The molecule has 1 saturated carbocycles. The zero-order valence-electron chi connectivity index (χ0n) is 16.4. The van der Waals surface area contributed by atoms with Crippen LogP contribution in [0, 0.1) is 17.7 Å². The molecule has 1 atom stereocenters.